The number of aryl methyl sites for hydroxylation is 1. The van der Waals surface area contributed by atoms with Gasteiger partial charge in [-0.1, -0.05) is 32.8 Å². The van der Waals surface area contributed by atoms with E-state index in [1.54, 1.807) is 7.11 Å². The van der Waals surface area contributed by atoms with E-state index in [1.165, 1.54) is 0 Å². The highest BCUT2D eigenvalue weighted by Gasteiger charge is 2.15. The Bertz CT molecular complexity index is 383. The minimum absolute atomic E-state index is 0.183. The molecule has 2 nitrogen and oxygen atoms in total. The van der Waals surface area contributed by atoms with Gasteiger partial charge in [0.1, 0.15) is 5.75 Å². The van der Waals surface area contributed by atoms with Crippen molar-refractivity contribution < 1.29 is 9.53 Å². The van der Waals surface area contributed by atoms with Gasteiger partial charge in [-0.05, 0) is 30.5 Å². The highest BCUT2D eigenvalue weighted by molar-refractivity contribution is 5.98. The standard InChI is InChI=1S/C15H22O2/c1-5-6-11(2)9-14(16)13-8-7-12(3)10-15(13)17-4/h7-8,10-11H,5-6,9H2,1-4H3. The molecule has 94 valence electrons. The van der Waals surface area contributed by atoms with Crippen LogP contribution in [0, 0.1) is 12.8 Å². The molecule has 0 aliphatic carbocycles. The Morgan fingerprint density at radius 2 is 2.12 bits per heavy atom. The van der Waals surface area contributed by atoms with Crippen molar-refractivity contribution in [2.75, 3.05) is 7.11 Å². The molecule has 0 bridgehead atoms. The van der Waals surface area contributed by atoms with E-state index < -0.39 is 0 Å². The van der Waals surface area contributed by atoms with Gasteiger partial charge >= 0.3 is 0 Å². The predicted octanol–water partition coefficient (Wildman–Crippen LogP) is 4.01. The number of hydrogen-bond donors (Lipinski definition) is 0. The molecule has 0 N–H and O–H groups in total. The first-order valence-electron chi connectivity index (χ1n) is 6.26. The second-order valence-electron chi connectivity index (χ2n) is 4.72. The minimum atomic E-state index is 0.183. The van der Waals surface area contributed by atoms with Crippen molar-refractivity contribution >= 4 is 5.78 Å². The van der Waals surface area contributed by atoms with Gasteiger partial charge in [-0.2, -0.15) is 0 Å². The summed E-state index contributed by atoms with van der Waals surface area (Å²) in [6.07, 6.45) is 2.83. The van der Waals surface area contributed by atoms with Gasteiger partial charge < -0.3 is 4.74 Å². The van der Waals surface area contributed by atoms with Crippen molar-refractivity contribution in [3.05, 3.63) is 29.3 Å². The summed E-state index contributed by atoms with van der Waals surface area (Å²) in [5.74, 6) is 1.32. The maximum Gasteiger partial charge on any atom is 0.166 e. The van der Waals surface area contributed by atoms with Crippen LogP contribution in [0.25, 0.3) is 0 Å². The van der Waals surface area contributed by atoms with Gasteiger partial charge in [0.25, 0.3) is 0 Å². The summed E-state index contributed by atoms with van der Waals surface area (Å²) in [7, 11) is 1.61. The topological polar surface area (TPSA) is 26.3 Å². The first-order chi connectivity index (χ1) is 8.08. The lowest BCUT2D eigenvalue weighted by molar-refractivity contribution is 0.0959. The zero-order valence-corrected chi connectivity index (χ0v) is 11.2. The normalized spacial score (nSPS) is 12.2. The lowest BCUT2D eigenvalue weighted by atomic mass is 9.95. The summed E-state index contributed by atoms with van der Waals surface area (Å²) < 4.78 is 5.27. The zero-order valence-electron chi connectivity index (χ0n) is 11.2. The molecule has 0 spiro atoms. The summed E-state index contributed by atoms with van der Waals surface area (Å²) in [4.78, 5) is 12.1. The van der Waals surface area contributed by atoms with Gasteiger partial charge in [-0.25, -0.2) is 0 Å². The van der Waals surface area contributed by atoms with Gasteiger partial charge in [-0.3, -0.25) is 4.79 Å². The van der Waals surface area contributed by atoms with Gasteiger partial charge in [-0.15, -0.1) is 0 Å². The summed E-state index contributed by atoms with van der Waals surface area (Å²) in [5.41, 5.74) is 1.82. The Balaban J connectivity index is 2.81. The molecule has 0 aliphatic rings. The Labute approximate surface area is 104 Å². The van der Waals surface area contributed by atoms with E-state index in [9.17, 15) is 4.79 Å². The van der Waals surface area contributed by atoms with E-state index in [4.69, 9.17) is 4.74 Å². The number of ketones is 1. The fourth-order valence-corrected chi connectivity index (χ4v) is 2.05. The average molecular weight is 234 g/mol. The SMILES string of the molecule is CCCC(C)CC(=O)c1ccc(C)cc1OC. The Morgan fingerprint density at radius 1 is 1.41 bits per heavy atom. The summed E-state index contributed by atoms with van der Waals surface area (Å²) in [6.45, 7) is 6.27. The van der Waals surface area contributed by atoms with Crippen molar-refractivity contribution in [3.8, 4) is 5.75 Å². The molecular formula is C15H22O2. The highest BCUT2D eigenvalue weighted by atomic mass is 16.5. The van der Waals surface area contributed by atoms with Crippen LogP contribution in [0.1, 0.15) is 49.0 Å². The lowest BCUT2D eigenvalue weighted by Gasteiger charge is -2.12. The molecule has 17 heavy (non-hydrogen) atoms. The first-order valence-corrected chi connectivity index (χ1v) is 6.26. The van der Waals surface area contributed by atoms with Crippen molar-refractivity contribution in [1.29, 1.82) is 0 Å². The number of carbonyl (C=O) groups excluding carboxylic acids is 1. The van der Waals surface area contributed by atoms with Crippen molar-refractivity contribution in [2.45, 2.75) is 40.0 Å². The fraction of sp³-hybridized carbons (Fsp3) is 0.533. The Morgan fingerprint density at radius 3 is 2.71 bits per heavy atom. The predicted molar refractivity (Wildman–Crippen MR) is 70.8 cm³/mol. The molecule has 1 rings (SSSR count). The van der Waals surface area contributed by atoms with E-state index in [0.717, 1.165) is 18.4 Å². The van der Waals surface area contributed by atoms with Gasteiger partial charge in [0.15, 0.2) is 5.78 Å². The van der Waals surface area contributed by atoms with Crippen LogP contribution in [-0.2, 0) is 0 Å². The molecule has 2 heteroatoms. The molecule has 0 radical (unpaired) electrons. The number of methoxy groups -OCH3 is 1. The van der Waals surface area contributed by atoms with E-state index in [1.807, 2.05) is 25.1 Å². The third-order valence-electron chi connectivity index (χ3n) is 2.97. The largest absolute Gasteiger partial charge is 0.496 e. The quantitative estimate of drug-likeness (QED) is 0.695. The molecule has 1 aromatic rings. The lowest BCUT2D eigenvalue weighted by Crippen LogP contribution is -2.07. The van der Waals surface area contributed by atoms with Crippen LogP contribution in [0.2, 0.25) is 0 Å². The smallest absolute Gasteiger partial charge is 0.166 e. The fourth-order valence-electron chi connectivity index (χ4n) is 2.05. The van der Waals surface area contributed by atoms with Crippen LogP contribution in [0.5, 0.6) is 5.75 Å². The Kier molecular flexibility index (Phi) is 5.20. The molecule has 0 saturated heterocycles. The number of carbonyl (C=O) groups is 1. The summed E-state index contributed by atoms with van der Waals surface area (Å²) in [5, 5.41) is 0. The number of rotatable bonds is 6. The first kappa shape index (κ1) is 13.8. The van der Waals surface area contributed by atoms with E-state index in [-0.39, 0.29) is 5.78 Å². The number of Topliss-reactive ketones (excluding diaryl/α,β-unsaturated/α-hetero) is 1. The summed E-state index contributed by atoms with van der Waals surface area (Å²) >= 11 is 0. The van der Waals surface area contributed by atoms with Gasteiger partial charge in [0.2, 0.25) is 0 Å². The molecular weight excluding hydrogens is 212 g/mol. The second-order valence-corrected chi connectivity index (χ2v) is 4.72. The maximum atomic E-state index is 12.1. The molecule has 0 aromatic heterocycles. The molecule has 1 aromatic carbocycles. The molecule has 1 atom stereocenters. The van der Waals surface area contributed by atoms with E-state index in [0.29, 0.717) is 23.7 Å². The van der Waals surface area contributed by atoms with Crippen LogP contribution in [-0.4, -0.2) is 12.9 Å². The van der Waals surface area contributed by atoms with Crippen LogP contribution in [0.15, 0.2) is 18.2 Å². The minimum Gasteiger partial charge on any atom is -0.496 e. The monoisotopic (exact) mass is 234 g/mol. The van der Waals surface area contributed by atoms with Crippen LogP contribution < -0.4 is 4.74 Å². The van der Waals surface area contributed by atoms with E-state index in [2.05, 4.69) is 13.8 Å². The van der Waals surface area contributed by atoms with Crippen LogP contribution in [0.3, 0.4) is 0 Å². The molecule has 0 heterocycles. The van der Waals surface area contributed by atoms with Crippen molar-refractivity contribution in [1.82, 2.24) is 0 Å². The number of ether oxygens (including phenoxy) is 1. The molecule has 0 amide bonds. The highest BCUT2D eigenvalue weighted by Crippen LogP contribution is 2.23. The van der Waals surface area contributed by atoms with Gasteiger partial charge in [0.05, 0.1) is 12.7 Å². The third kappa shape index (κ3) is 3.88. The maximum absolute atomic E-state index is 12.1. The van der Waals surface area contributed by atoms with Crippen LogP contribution in [0.4, 0.5) is 0 Å². The third-order valence-corrected chi connectivity index (χ3v) is 2.97. The Hall–Kier alpha value is -1.31. The molecule has 0 saturated carbocycles. The zero-order chi connectivity index (χ0) is 12.8. The van der Waals surface area contributed by atoms with Crippen molar-refractivity contribution in [3.63, 3.8) is 0 Å². The number of benzene rings is 1. The molecule has 1 unspecified atom stereocenters. The average Bonchev–Trinajstić information content (AvgIpc) is 2.28. The summed E-state index contributed by atoms with van der Waals surface area (Å²) in [6, 6.07) is 5.74. The van der Waals surface area contributed by atoms with Crippen molar-refractivity contribution in [2.24, 2.45) is 5.92 Å². The molecule has 0 aliphatic heterocycles. The second kappa shape index (κ2) is 6.43. The van der Waals surface area contributed by atoms with Gasteiger partial charge in [0, 0.05) is 6.42 Å². The van der Waals surface area contributed by atoms with E-state index >= 15 is 0 Å². The van der Waals surface area contributed by atoms with Crippen LogP contribution >= 0.6 is 0 Å². The molecule has 0 fully saturated rings. The number of hydrogen-bond acceptors (Lipinski definition) is 2.